The summed E-state index contributed by atoms with van der Waals surface area (Å²) >= 11 is 1.80. The molecule has 0 saturated carbocycles. The van der Waals surface area contributed by atoms with E-state index in [-0.39, 0.29) is 11.9 Å². The second-order valence-corrected chi connectivity index (χ2v) is 6.45. The van der Waals surface area contributed by atoms with E-state index in [9.17, 15) is 4.79 Å². The lowest BCUT2D eigenvalue weighted by molar-refractivity contribution is -0.131. The number of rotatable bonds is 4. The number of hydrogen-bond acceptors (Lipinski definition) is 3. The SMILES string of the molecule is CC(NCC(=O)N1CCc2sccc2C1)c1ccccc1. The third-order valence-electron chi connectivity index (χ3n) is 4.02. The molecule has 3 nitrogen and oxygen atoms in total. The molecule has 2 aromatic rings. The number of nitrogens with zero attached hydrogens (tertiary/aromatic N) is 1. The van der Waals surface area contributed by atoms with Gasteiger partial charge in [0.1, 0.15) is 0 Å². The topological polar surface area (TPSA) is 32.3 Å². The minimum atomic E-state index is 0.189. The largest absolute Gasteiger partial charge is 0.337 e. The normalized spacial score (nSPS) is 15.6. The van der Waals surface area contributed by atoms with Crippen LogP contribution in [0.3, 0.4) is 0 Å². The number of nitrogens with one attached hydrogen (secondary N) is 1. The van der Waals surface area contributed by atoms with E-state index in [0.717, 1.165) is 19.5 Å². The van der Waals surface area contributed by atoms with E-state index in [0.29, 0.717) is 6.54 Å². The molecule has 0 fully saturated rings. The van der Waals surface area contributed by atoms with Crippen LogP contribution in [0.4, 0.5) is 0 Å². The fourth-order valence-corrected chi connectivity index (χ4v) is 3.56. The fourth-order valence-electron chi connectivity index (χ4n) is 2.67. The molecule has 1 aromatic carbocycles. The Labute approximate surface area is 129 Å². The van der Waals surface area contributed by atoms with Gasteiger partial charge in [0.2, 0.25) is 5.91 Å². The number of carbonyl (C=O) groups is 1. The lowest BCUT2D eigenvalue weighted by Gasteiger charge is -2.27. The first-order valence-electron chi connectivity index (χ1n) is 7.35. The smallest absolute Gasteiger partial charge is 0.236 e. The van der Waals surface area contributed by atoms with Crippen molar-refractivity contribution in [3.05, 3.63) is 57.8 Å². The maximum atomic E-state index is 12.3. The van der Waals surface area contributed by atoms with Crippen LogP contribution in [0.25, 0.3) is 0 Å². The molecule has 0 radical (unpaired) electrons. The monoisotopic (exact) mass is 300 g/mol. The molecule has 1 aromatic heterocycles. The Balaban J connectivity index is 1.53. The summed E-state index contributed by atoms with van der Waals surface area (Å²) < 4.78 is 0. The number of fused-ring (bicyclic) bond motifs is 1. The second-order valence-electron chi connectivity index (χ2n) is 5.45. The van der Waals surface area contributed by atoms with Crippen molar-refractivity contribution in [2.75, 3.05) is 13.1 Å². The van der Waals surface area contributed by atoms with Crippen molar-refractivity contribution in [2.45, 2.75) is 25.9 Å². The van der Waals surface area contributed by atoms with E-state index in [1.165, 1.54) is 16.0 Å². The van der Waals surface area contributed by atoms with Crippen LogP contribution >= 0.6 is 11.3 Å². The van der Waals surface area contributed by atoms with Gasteiger partial charge in [-0.1, -0.05) is 30.3 Å². The lowest BCUT2D eigenvalue weighted by atomic mass is 10.1. The van der Waals surface area contributed by atoms with Gasteiger partial charge in [-0.25, -0.2) is 0 Å². The lowest BCUT2D eigenvalue weighted by Crippen LogP contribution is -2.41. The Morgan fingerprint density at radius 3 is 2.95 bits per heavy atom. The van der Waals surface area contributed by atoms with Crippen LogP contribution in [0, 0.1) is 0 Å². The summed E-state index contributed by atoms with van der Waals surface area (Å²) in [7, 11) is 0. The molecule has 1 aliphatic rings. The Morgan fingerprint density at radius 2 is 2.14 bits per heavy atom. The molecule has 110 valence electrons. The summed E-state index contributed by atoms with van der Waals surface area (Å²) in [5.74, 6) is 0.189. The Morgan fingerprint density at radius 1 is 1.33 bits per heavy atom. The van der Waals surface area contributed by atoms with Gasteiger partial charge in [0.15, 0.2) is 0 Å². The highest BCUT2D eigenvalue weighted by atomic mass is 32.1. The van der Waals surface area contributed by atoms with E-state index in [1.54, 1.807) is 11.3 Å². The van der Waals surface area contributed by atoms with Crippen molar-refractivity contribution in [1.29, 1.82) is 0 Å². The first kappa shape index (κ1) is 14.3. The number of amides is 1. The van der Waals surface area contributed by atoms with Gasteiger partial charge in [-0.05, 0) is 35.9 Å². The van der Waals surface area contributed by atoms with Crippen LogP contribution in [0.5, 0.6) is 0 Å². The summed E-state index contributed by atoms with van der Waals surface area (Å²) in [5.41, 5.74) is 2.53. The number of carbonyl (C=O) groups excluding carboxylic acids is 1. The molecule has 1 atom stereocenters. The number of hydrogen-bond donors (Lipinski definition) is 1. The Hall–Kier alpha value is -1.65. The van der Waals surface area contributed by atoms with E-state index >= 15 is 0 Å². The highest BCUT2D eigenvalue weighted by Gasteiger charge is 2.21. The molecule has 0 bridgehead atoms. The standard InChI is InChI=1S/C17H20N2OS/c1-13(14-5-3-2-4-6-14)18-11-17(20)19-9-7-16-15(12-19)8-10-21-16/h2-6,8,10,13,18H,7,9,11-12H2,1H3. The van der Waals surface area contributed by atoms with Crippen molar-refractivity contribution in [3.8, 4) is 0 Å². The van der Waals surface area contributed by atoms with Gasteiger partial charge in [-0.2, -0.15) is 0 Å². The zero-order chi connectivity index (χ0) is 14.7. The number of benzene rings is 1. The zero-order valence-corrected chi connectivity index (χ0v) is 13.0. The highest BCUT2D eigenvalue weighted by molar-refractivity contribution is 7.10. The molecule has 4 heteroatoms. The minimum Gasteiger partial charge on any atom is -0.337 e. The van der Waals surface area contributed by atoms with Crippen molar-refractivity contribution < 1.29 is 4.79 Å². The molecule has 1 aliphatic heterocycles. The molecule has 0 spiro atoms. The Bertz CT molecular complexity index is 608. The third kappa shape index (κ3) is 3.34. The van der Waals surface area contributed by atoms with Gasteiger partial charge in [-0.15, -0.1) is 11.3 Å². The van der Waals surface area contributed by atoms with Crippen LogP contribution in [0.1, 0.15) is 29.0 Å². The number of thiophene rings is 1. The van der Waals surface area contributed by atoms with Gasteiger partial charge < -0.3 is 10.2 Å². The van der Waals surface area contributed by atoms with Crippen LogP contribution in [0.2, 0.25) is 0 Å². The molecular weight excluding hydrogens is 280 g/mol. The average Bonchev–Trinajstić information content (AvgIpc) is 3.00. The molecule has 21 heavy (non-hydrogen) atoms. The summed E-state index contributed by atoms with van der Waals surface area (Å²) in [6, 6.07) is 12.6. The first-order chi connectivity index (χ1) is 10.2. The maximum absolute atomic E-state index is 12.3. The van der Waals surface area contributed by atoms with Crippen molar-refractivity contribution in [2.24, 2.45) is 0 Å². The van der Waals surface area contributed by atoms with Crippen LogP contribution in [-0.2, 0) is 17.8 Å². The Kier molecular flexibility index (Phi) is 4.36. The highest BCUT2D eigenvalue weighted by Crippen LogP contribution is 2.23. The quantitative estimate of drug-likeness (QED) is 0.941. The molecule has 3 rings (SSSR count). The minimum absolute atomic E-state index is 0.189. The van der Waals surface area contributed by atoms with Crippen LogP contribution in [-0.4, -0.2) is 23.9 Å². The van der Waals surface area contributed by atoms with Crippen molar-refractivity contribution in [1.82, 2.24) is 10.2 Å². The van der Waals surface area contributed by atoms with E-state index in [4.69, 9.17) is 0 Å². The average molecular weight is 300 g/mol. The van der Waals surface area contributed by atoms with Gasteiger partial charge >= 0.3 is 0 Å². The zero-order valence-electron chi connectivity index (χ0n) is 12.2. The molecule has 0 aliphatic carbocycles. The van der Waals surface area contributed by atoms with Crippen molar-refractivity contribution >= 4 is 17.2 Å². The molecular formula is C17H20N2OS. The summed E-state index contributed by atoms with van der Waals surface area (Å²) in [4.78, 5) is 15.7. The molecule has 2 heterocycles. The van der Waals surface area contributed by atoms with Crippen LogP contribution in [0.15, 0.2) is 41.8 Å². The summed E-state index contributed by atoms with van der Waals surface area (Å²) in [6.07, 6.45) is 0.993. The van der Waals surface area contributed by atoms with Crippen molar-refractivity contribution in [3.63, 3.8) is 0 Å². The predicted octanol–water partition coefficient (Wildman–Crippen LogP) is 2.98. The van der Waals surface area contributed by atoms with Gasteiger partial charge in [0.25, 0.3) is 0 Å². The van der Waals surface area contributed by atoms with Gasteiger partial charge in [0.05, 0.1) is 6.54 Å². The summed E-state index contributed by atoms with van der Waals surface area (Å²) in [5, 5.41) is 5.44. The second kappa shape index (κ2) is 6.41. The van der Waals surface area contributed by atoms with E-state index in [2.05, 4.69) is 35.8 Å². The molecule has 1 amide bonds. The van der Waals surface area contributed by atoms with Gasteiger partial charge in [0, 0.05) is 24.0 Å². The molecule has 1 N–H and O–H groups in total. The fraction of sp³-hybridized carbons (Fsp3) is 0.353. The third-order valence-corrected chi connectivity index (χ3v) is 5.04. The maximum Gasteiger partial charge on any atom is 0.236 e. The first-order valence-corrected chi connectivity index (χ1v) is 8.23. The molecule has 0 saturated heterocycles. The molecule has 1 unspecified atom stereocenters. The predicted molar refractivity (Wildman–Crippen MR) is 86.3 cm³/mol. The van der Waals surface area contributed by atoms with Crippen LogP contribution < -0.4 is 5.32 Å². The summed E-state index contributed by atoms with van der Waals surface area (Å²) in [6.45, 7) is 4.10. The van der Waals surface area contributed by atoms with Gasteiger partial charge in [-0.3, -0.25) is 4.79 Å². The van der Waals surface area contributed by atoms with E-state index < -0.39 is 0 Å². The van der Waals surface area contributed by atoms with E-state index in [1.807, 2.05) is 23.1 Å².